The fourth-order valence-corrected chi connectivity index (χ4v) is 1.27. The Hall–Kier alpha value is -0.440. The molecule has 1 nitrogen and oxygen atoms in total. The lowest BCUT2D eigenvalue weighted by Crippen LogP contribution is -2.30. The summed E-state index contributed by atoms with van der Waals surface area (Å²) in [6.45, 7) is 5.10. The molecule has 0 radical (unpaired) electrons. The number of unbranched alkanes of at least 4 members (excludes halogenated alkanes) is 4. The first-order chi connectivity index (χ1) is 6.54. The maximum atomic E-state index is 12.8. The highest BCUT2D eigenvalue weighted by atomic mass is 19.3. The fourth-order valence-electron chi connectivity index (χ4n) is 1.27. The summed E-state index contributed by atoms with van der Waals surface area (Å²) >= 11 is 0. The van der Waals surface area contributed by atoms with Crippen molar-refractivity contribution in [1.29, 1.82) is 0 Å². The number of aliphatic hydroxyl groups excluding tert-OH is 1. The van der Waals surface area contributed by atoms with Crippen molar-refractivity contribution in [2.24, 2.45) is 0 Å². The predicted octanol–water partition coefficient (Wildman–Crippen LogP) is 3.53. The van der Waals surface area contributed by atoms with Gasteiger partial charge in [-0.05, 0) is 12.5 Å². The SMILES string of the molecule is C=CC(F)(F)C(O)CCCCCCC. The summed E-state index contributed by atoms with van der Waals surface area (Å²) in [5.41, 5.74) is 0. The van der Waals surface area contributed by atoms with Crippen molar-refractivity contribution >= 4 is 0 Å². The van der Waals surface area contributed by atoms with Crippen molar-refractivity contribution in [2.75, 3.05) is 0 Å². The first-order valence-corrected chi connectivity index (χ1v) is 5.24. The molecule has 0 aliphatic carbocycles. The molecule has 0 amide bonds. The Balaban J connectivity index is 3.53. The Kier molecular flexibility index (Phi) is 6.71. The van der Waals surface area contributed by atoms with Gasteiger partial charge in [-0.15, -0.1) is 0 Å². The van der Waals surface area contributed by atoms with Crippen molar-refractivity contribution < 1.29 is 13.9 Å². The fraction of sp³-hybridized carbons (Fsp3) is 0.818. The summed E-state index contributed by atoms with van der Waals surface area (Å²) in [5, 5.41) is 9.11. The Morgan fingerprint density at radius 2 is 1.86 bits per heavy atom. The second-order valence-corrected chi connectivity index (χ2v) is 3.60. The van der Waals surface area contributed by atoms with Crippen LogP contribution in [0.25, 0.3) is 0 Å². The lowest BCUT2D eigenvalue weighted by atomic mass is 10.0. The Labute approximate surface area is 84.8 Å². The number of aliphatic hydroxyl groups is 1. The molecule has 0 rings (SSSR count). The normalized spacial score (nSPS) is 14.0. The van der Waals surface area contributed by atoms with Gasteiger partial charge in [-0.1, -0.05) is 45.6 Å². The van der Waals surface area contributed by atoms with Gasteiger partial charge in [0.25, 0.3) is 5.92 Å². The van der Waals surface area contributed by atoms with Crippen LogP contribution >= 0.6 is 0 Å². The highest BCUT2D eigenvalue weighted by molar-refractivity contribution is 4.92. The maximum absolute atomic E-state index is 12.8. The summed E-state index contributed by atoms with van der Waals surface area (Å²) < 4.78 is 25.5. The third kappa shape index (κ3) is 5.32. The van der Waals surface area contributed by atoms with E-state index in [0.717, 1.165) is 25.7 Å². The number of rotatable bonds is 8. The number of hydrogen-bond donors (Lipinski definition) is 1. The number of alkyl halides is 2. The van der Waals surface area contributed by atoms with Crippen molar-refractivity contribution in [3.63, 3.8) is 0 Å². The summed E-state index contributed by atoms with van der Waals surface area (Å²) in [5.74, 6) is -3.13. The van der Waals surface area contributed by atoms with Gasteiger partial charge < -0.3 is 5.11 Å². The third-order valence-corrected chi connectivity index (χ3v) is 2.30. The van der Waals surface area contributed by atoms with Gasteiger partial charge in [-0.2, -0.15) is 8.78 Å². The second-order valence-electron chi connectivity index (χ2n) is 3.60. The predicted molar refractivity (Wildman–Crippen MR) is 54.5 cm³/mol. The van der Waals surface area contributed by atoms with Crippen molar-refractivity contribution in [3.8, 4) is 0 Å². The van der Waals surface area contributed by atoms with Crippen LogP contribution in [0.1, 0.15) is 45.4 Å². The van der Waals surface area contributed by atoms with Gasteiger partial charge in [0, 0.05) is 0 Å². The van der Waals surface area contributed by atoms with Gasteiger partial charge in [0.2, 0.25) is 0 Å². The molecule has 1 unspecified atom stereocenters. The topological polar surface area (TPSA) is 20.2 Å². The number of halogens is 2. The average molecular weight is 206 g/mol. The molecule has 0 saturated heterocycles. The van der Waals surface area contributed by atoms with Gasteiger partial charge in [0.05, 0.1) is 0 Å². The van der Waals surface area contributed by atoms with E-state index in [2.05, 4.69) is 13.5 Å². The summed E-state index contributed by atoms with van der Waals surface area (Å²) in [4.78, 5) is 0. The van der Waals surface area contributed by atoms with Gasteiger partial charge in [0.15, 0.2) is 0 Å². The molecule has 0 aromatic heterocycles. The van der Waals surface area contributed by atoms with E-state index in [1.54, 1.807) is 0 Å². The van der Waals surface area contributed by atoms with E-state index >= 15 is 0 Å². The smallest absolute Gasteiger partial charge is 0.291 e. The Morgan fingerprint density at radius 1 is 1.29 bits per heavy atom. The van der Waals surface area contributed by atoms with Crippen LogP contribution in [0.2, 0.25) is 0 Å². The molecule has 0 fully saturated rings. The van der Waals surface area contributed by atoms with Crippen LogP contribution < -0.4 is 0 Å². The molecule has 0 aromatic carbocycles. The maximum Gasteiger partial charge on any atom is 0.291 e. The molecule has 0 spiro atoms. The third-order valence-electron chi connectivity index (χ3n) is 2.30. The van der Waals surface area contributed by atoms with Gasteiger partial charge in [-0.25, -0.2) is 0 Å². The molecule has 84 valence electrons. The summed E-state index contributed by atoms with van der Waals surface area (Å²) in [6, 6.07) is 0. The highest BCUT2D eigenvalue weighted by Crippen LogP contribution is 2.23. The molecule has 0 aliphatic heterocycles. The molecule has 0 bridgehead atoms. The van der Waals surface area contributed by atoms with Crippen LogP contribution in [-0.2, 0) is 0 Å². The van der Waals surface area contributed by atoms with E-state index in [1.165, 1.54) is 0 Å². The van der Waals surface area contributed by atoms with Crippen molar-refractivity contribution in [1.82, 2.24) is 0 Å². The molecular formula is C11H20F2O. The average Bonchev–Trinajstić information content (AvgIpc) is 2.17. The van der Waals surface area contributed by atoms with E-state index in [0.29, 0.717) is 12.5 Å². The Morgan fingerprint density at radius 3 is 2.36 bits per heavy atom. The summed E-state index contributed by atoms with van der Waals surface area (Å²) in [6.07, 6.45) is 4.00. The van der Waals surface area contributed by atoms with E-state index < -0.39 is 12.0 Å². The first kappa shape index (κ1) is 13.6. The second kappa shape index (κ2) is 6.93. The molecule has 1 atom stereocenters. The van der Waals surface area contributed by atoms with E-state index in [-0.39, 0.29) is 6.42 Å². The Bertz CT molecular complexity index is 157. The minimum absolute atomic E-state index is 0.155. The van der Waals surface area contributed by atoms with Gasteiger partial charge in [-0.3, -0.25) is 0 Å². The van der Waals surface area contributed by atoms with Crippen LogP contribution in [0.3, 0.4) is 0 Å². The quantitative estimate of drug-likeness (QED) is 0.476. The molecule has 0 saturated carbocycles. The molecule has 3 heteroatoms. The zero-order valence-corrected chi connectivity index (χ0v) is 8.81. The lowest BCUT2D eigenvalue weighted by Gasteiger charge is -2.18. The molecular weight excluding hydrogens is 186 g/mol. The van der Waals surface area contributed by atoms with Crippen LogP contribution in [0.5, 0.6) is 0 Å². The zero-order chi connectivity index (χ0) is 11.0. The largest absolute Gasteiger partial charge is 0.386 e. The standard InChI is InChI=1S/C11H20F2O/c1-3-5-6-7-8-9-10(14)11(12,13)4-2/h4,10,14H,2-3,5-9H2,1H3. The van der Waals surface area contributed by atoms with E-state index in [9.17, 15) is 8.78 Å². The molecule has 0 aliphatic rings. The van der Waals surface area contributed by atoms with Crippen molar-refractivity contribution in [3.05, 3.63) is 12.7 Å². The number of hydrogen-bond acceptors (Lipinski definition) is 1. The minimum Gasteiger partial charge on any atom is -0.386 e. The highest BCUT2D eigenvalue weighted by Gasteiger charge is 2.33. The first-order valence-electron chi connectivity index (χ1n) is 5.24. The van der Waals surface area contributed by atoms with E-state index in [4.69, 9.17) is 5.11 Å². The van der Waals surface area contributed by atoms with Crippen LogP contribution in [-0.4, -0.2) is 17.1 Å². The van der Waals surface area contributed by atoms with Crippen LogP contribution in [0.15, 0.2) is 12.7 Å². The molecule has 0 heterocycles. The zero-order valence-electron chi connectivity index (χ0n) is 8.81. The molecule has 1 N–H and O–H groups in total. The van der Waals surface area contributed by atoms with Gasteiger partial charge in [0.1, 0.15) is 6.10 Å². The van der Waals surface area contributed by atoms with E-state index in [1.807, 2.05) is 0 Å². The van der Waals surface area contributed by atoms with Crippen molar-refractivity contribution in [2.45, 2.75) is 57.5 Å². The minimum atomic E-state index is -3.13. The molecule has 0 aromatic rings. The molecule has 14 heavy (non-hydrogen) atoms. The van der Waals surface area contributed by atoms with Gasteiger partial charge >= 0.3 is 0 Å². The van der Waals surface area contributed by atoms with Crippen LogP contribution in [0.4, 0.5) is 8.78 Å². The monoisotopic (exact) mass is 206 g/mol. The lowest BCUT2D eigenvalue weighted by molar-refractivity contribution is -0.0730. The van der Waals surface area contributed by atoms with Crippen LogP contribution in [0, 0.1) is 0 Å². The summed E-state index contributed by atoms with van der Waals surface area (Å²) in [7, 11) is 0.